The maximum atomic E-state index is 14.0. The van der Waals surface area contributed by atoms with Crippen molar-refractivity contribution in [3.8, 4) is 11.6 Å². The van der Waals surface area contributed by atoms with Gasteiger partial charge < -0.3 is 19.1 Å². The van der Waals surface area contributed by atoms with Crippen LogP contribution in [0.25, 0.3) is 0 Å². The van der Waals surface area contributed by atoms with Gasteiger partial charge in [0.15, 0.2) is 11.6 Å². The Kier molecular flexibility index (Phi) is 6.20. The summed E-state index contributed by atoms with van der Waals surface area (Å²) >= 11 is 0. The Balaban J connectivity index is 1.66. The summed E-state index contributed by atoms with van der Waals surface area (Å²) in [6.45, 7) is 4.02. The third-order valence-corrected chi connectivity index (χ3v) is 5.25. The van der Waals surface area contributed by atoms with Gasteiger partial charge in [0.25, 0.3) is 0 Å². The molecule has 2 aromatic carbocycles. The lowest BCUT2D eigenvalue weighted by Gasteiger charge is -2.23. The first kappa shape index (κ1) is 21.5. The summed E-state index contributed by atoms with van der Waals surface area (Å²) in [6, 6.07) is 12.7. The molecule has 8 heteroatoms. The van der Waals surface area contributed by atoms with Crippen LogP contribution < -0.4 is 14.4 Å². The van der Waals surface area contributed by atoms with Gasteiger partial charge in [-0.05, 0) is 49.6 Å². The molecule has 0 fully saturated rings. The van der Waals surface area contributed by atoms with Crippen LogP contribution in [0.15, 0.2) is 48.7 Å². The average Bonchev–Trinajstić information content (AvgIpc) is 3.13. The molecular formula is C24H24FN3O4. The third kappa shape index (κ3) is 4.21. The van der Waals surface area contributed by atoms with Crippen LogP contribution in [0.5, 0.6) is 11.6 Å². The van der Waals surface area contributed by atoms with E-state index < -0.39 is 11.8 Å². The number of anilines is 2. The van der Waals surface area contributed by atoms with Crippen molar-refractivity contribution in [2.45, 2.75) is 32.9 Å². The van der Waals surface area contributed by atoms with Gasteiger partial charge in [-0.15, -0.1) is 0 Å². The number of esters is 1. The first-order valence-electron chi connectivity index (χ1n) is 10.4. The number of fused-ring (bicyclic) bond motifs is 1. The Bertz CT molecular complexity index is 1140. The number of rotatable bonds is 7. The normalized spacial score (nSPS) is 14.8. The molecule has 0 spiro atoms. The Labute approximate surface area is 185 Å². The highest BCUT2D eigenvalue weighted by molar-refractivity contribution is 5.91. The van der Waals surface area contributed by atoms with E-state index in [0.29, 0.717) is 11.5 Å². The summed E-state index contributed by atoms with van der Waals surface area (Å²) in [4.78, 5) is 23.4. The molecule has 0 bridgehead atoms. The summed E-state index contributed by atoms with van der Waals surface area (Å²) in [7, 11) is 1.40. The molecule has 0 N–H and O–H groups in total. The molecule has 32 heavy (non-hydrogen) atoms. The number of benzene rings is 2. The number of para-hydroxylation sites is 1. The summed E-state index contributed by atoms with van der Waals surface area (Å²) in [5, 5.41) is 0. The molecular weight excluding hydrogens is 413 g/mol. The van der Waals surface area contributed by atoms with Crippen LogP contribution in [0, 0.1) is 5.82 Å². The van der Waals surface area contributed by atoms with E-state index in [4.69, 9.17) is 14.2 Å². The predicted octanol–water partition coefficient (Wildman–Crippen LogP) is 4.46. The fourth-order valence-electron chi connectivity index (χ4n) is 3.75. The van der Waals surface area contributed by atoms with E-state index in [-0.39, 0.29) is 36.4 Å². The molecule has 0 saturated heterocycles. The second-order valence-corrected chi connectivity index (χ2v) is 7.42. The summed E-state index contributed by atoms with van der Waals surface area (Å²) in [5.41, 5.74) is 2.91. The summed E-state index contributed by atoms with van der Waals surface area (Å²) in [5.74, 6) is -0.422. The highest BCUT2D eigenvalue weighted by Crippen LogP contribution is 2.37. The minimum Gasteiger partial charge on any atom is -0.494 e. The largest absolute Gasteiger partial charge is 0.494 e. The van der Waals surface area contributed by atoms with Crippen molar-refractivity contribution in [1.29, 1.82) is 0 Å². The van der Waals surface area contributed by atoms with E-state index in [1.54, 1.807) is 13.0 Å². The molecule has 4 rings (SSSR count). The molecule has 166 valence electrons. The van der Waals surface area contributed by atoms with E-state index in [1.807, 2.05) is 23.1 Å². The van der Waals surface area contributed by atoms with Gasteiger partial charge in [-0.3, -0.25) is 0 Å². The molecule has 3 aromatic rings. The second kappa shape index (κ2) is 9.21. The predicted molar refractivity (Wildman–Crippen MR) is 117 cm³/mol. The highest BCUT2D eigenvalue weighted by atomic mass is 19.1. The number of carbonyl (C=O) groups excluding carboxylic acids is 1. The lowest BCUT2D eigenvalue weighted by Crippen LogP contribution is -2.26. The van der Waals surface area contributed by atoms with Crippen molar-refractivity contribution in [2.75, 3.05) is 18.6 Å². The van der Waals surface area contributed by atoms with Crippen LogP contribution >= 0.6 is 0 Å². The van der Waals surface area contributed by atoms with Crippen LogP contribution in [0.1, 0.15) is 35.3 Å². The zero-order valence-corrected chi connectivity index (χ0v) is 18.2. The van der Waals surface area contributed by atoms with Crippen molar-refractivity contribution < 1.29 is 23.4 Å². The molecule has 1 atom stereocenters. The Morgan fingerprint density at radius 1 is 1.25 bits per heavy atom. The summed E-state index contributed by atoms with van der Waals surface area (Å²) in [6.07, 6.45) is 2.28. The van der Waals surface area contributed by atoms with Crippen LogP contribution in [-0.2, 0) is 17.8 Å². The van der Waals surface area contributed by atoms with Crippen molar-refractivity contribution in [2.24, 2.45) is 0 Å². The number of hydrogen-bond acceptors (Lipinski definition) is 7. The Morgan fingerprint density at radius 2 is 2.06 bits per heavy atom. The molecule has 0 radical (unpaired) electrons. The highest BCUT2D eigenvalue weighted by Gasteiger charge is 2.30. The van der Waals surface area contributed by atoms with Gasteiger partial charge in [0.1, 0.15) is 12.2 Å². The molecule has 0 saturated carbocycles. The van der Waals surface area contributed by atoms with E-state index >= 15 is 0 Å². The minimum atomic E-state index is -0.579. The van der Waals surface area contributed by atoms with Gasteiger partial charge in [-0.25, -0.2) is 14.2 Å². The standard InChI is InChI=1S/C24H24FN3O4/c1-4-31-23(29)18-13-26-24(28-15(2)11-17-7-5-6-8-20(17)28)27-22(18)32-14-16-9-10-21(30-3)19(25)12-16/h5-10,12-13,15H,4,11,14H2,1-3H3/t15-/m1/s1. The van der Waals surface area contributed by atoms with Crippen molar-refractivity contribution in [3.05, 3.63) is 71.2 Å². The van der Waals surface area contributed by atoms with Crippen LogP contribution in [-0.4, -0.2) is 35.7 Å². The van der Waals surface area contributed by atoms with Gasteiger partial charge in [0.05, 0.1) is 19.9 Å². The quantitative estimate of drug-likeness (QED) is 0.505. The number of ether oxygens (including phenoxy) is 3. The molecule has 0 unspecified atom stereocenters. The van der Waals surface area contributed by atoms with Gasteiger partial charge in [-0.2, -0.15) is 4.98 Å². The number of nitrogens with zero attached hydrogens (tertiary/aromatic N) is 3. The lowest BCUT2D eigenvalue weighted by molar-refractivity contribution is 0.0519. The number of hydrogen-bond donors (Lipinski definition) is 0. The number of methoxy groups -OCH3 is 1. The minimum absolute atomic E-state index is 0.00983. The van der Waals surface area contributed by atoms with Crippen molar-refractivity contribution in [1.82, 2.24) is 9.97 Å². The van der Waals surface area contributed by atoms with Gasteiger partial charge in [0, 0.05) is 11.7 Å². The SMILES string of the molecule is CCOC(=O)c1cnc(N2c3ccccc3C[C@H]2C)nc1OCc1ccc(OC)c(F)c1. The van der Waals surface area contributed by atoms with E-state index in [2.05, 4.69) is 23.0 Å². The van der Waals surface area contributed by atoms with E-state index in [1.165, 1.54) is 31.0 Å². The monoisotopic (exact) mass is 437 g/mol. The number of aromatic nitrogens is 2. The third-order valence-electron chi connectivity index (χ3n) is 5.25. The van der Waals surface area contributed by atoms with Gasteiger partial charge in [-0.1, -0.05) is 24.3 Å². The molecule has 1 aliphatic heterocycles. The number of carbonyl (C=O) groups is 1. The van der Waals surface area contributed by atoms with Gasteiger partial charge in [0.2, 0.25) is 11.8 Å². The van der Waals surface area contributed by atoms with Crippen molar-refractivity contribution >= 4 is 17.6 Å². The summed E-state index contributed by atoms with van der Waals surface area (Å²) < 4.78 is 30.0. The average molecular weight is 437 g/mol. The molecule has 0 amide bonds. The Hall–Kier alpha value is -3.68. The topological polar surface area (TPSA) is 73.8 Å². The fourth-order valence-corrected chi connectivity index (χ4v) is 3.75. The molecule has 1 aromatic heterocycles. The Morgan fingerprint density at radius 3 is 2.81 bits per heavy atom. The van der Waals surface area contributed by atoms with Crippen LogP contribution in [0.2, 0.25) is 0 Å². The zero-order valence-electron chi connectivity index (χ0n) is 18.2. The van der Waals surface area contributed by atoms with E-state index in [0.717, 1.165) is 12.1 Å². The lowest BCUT2D eigenvalue weighted by atomic mass is 10.1. The smallest absolute Gasteiger partial charge is 0.345 e. The first-order chi connectivity index (χ1) is 15.5. The van der Waals surface area contributed by atoms with Crippen LogP contribution in [0.4, 0.5) is 16.0 Å². The molecule has 1 aliphatic rings. The number of halogens is 1. The van der Waals surface area contributed by atoms with Crippen molar-refractivity contribution in [3.63, 3.8) is 0 Å². The fraction of sp³-hybridized carbons (Fsp3) is 0.292. The molecule has 0 aliphatic carbocycles. The first-order valence-corrected chi connectivity index (χ1v) is 10.4. The maximum absolute atomic E-state index is 14.0. The van der Waals surface area contributed by atoms with E-state index in [9.17, 15) is 9.18 Å². The van der Waals surface area contributed by atoms with Crippen LogP contribution in [0.3, 0.4) is 0 Å². The molecule has 2 heterocycles. The van der Waals surface area contributed by atoms with Gasteiger partial charge >= 0.3 is 5.97 Å². The molecule has 7 nitrogen and oxygen atoms in total. The maximum Gasteiger partial charge on any atom is 0.345 e. The second-order valence-electron chi connectivity index (χ2n) is 7.42. The zero-order chi connectivity index (χ0) is 22.7.